The zero-order valence-corrected chi connectivity index (χ0v) is 18.3. The van der Waals surface area contributed by atoms with Crippen LogP contribution < -0.4 is 11.1 Å². The maximum absolute atomic E-state index is 9.93. The Morgan fingerprint density at radius 2 is 1.80 bits per heavy atom. The number of halogens is 1. The highest BCUT2D eigenvalue weighted by molar-refractivity contribution is 7.98. The molecule has 0 amide bonds. The molecule has 2 heterocycles. The normalized spacial score (nSPS) is 12.2. The van der Waals surface area contributed by atoms with E-state index in [-0.39, 0.29) is 12.6 Å². The zero-order chi connectivity index (χ0) is 20.9. The van der Waals surface area contributed by atoms with Crippen LogP contribution in [0.25, 0.3) is 10.3 Å². The quantitative estimate of drug-likeness (QED) is 0.262. The van der Waals surface area contributed by atoms with Crippen molar-refractivity contribution in [1.29, 1.82) is 0 Å². The lowest BCUT2D eigenvalue weighted by Gasteiger charge is -2.18. The molecule has 0 saturated carbocycles. The van der Waals surface area contributed by atoms with Crippen molar-refractivity contribution in [2.75, 3.05) is 17.7 Å². The number of nitrogen functional groups attached to an aromatic ring is 1. The second kappa shape index (κ2) is 9.61. The van der Waals surface area contributed by atoms with E-state index in [2.05, 4.69) is 27.4 Å². The van der Waals surface area contributed by atoms with Gasteiger partial charge in [-0.3, -0.25) is 0 Å². The van der Waals surface area contributed by atoms with Gasteiger partial charge >= 0.3 is 0 Å². The van der Waals surface area contributed by atoms with Gasteiger partial charge in [0.05, 0.1) is 12.6 Å². The minimum Gasteiger partial charge on any atom is -0.394 e. The van der Waals surface area contributed by atoms with Crippen LogP contribution in [-0.2, 0) is 12.2 Å². The first-order valence-electron chi connectivity index (χ1n) is 9.33. The molecule has 9 heteroatoms. The molecule has 154 valence electrons. The number of aliphatic hydroxyl groups excluding tert-OH is 1. The number of rotatable bonds is 8. The van der Waals surface area contributed by atoms with Crippen molar-refractivity contribution < 1.29 is 5.11 Å². The van der Waals surface area contributed by atoms with Crippen LogP contribution in [0, 0.1) is 0 Å². The lowest BCUT2D eigenvalue weighted by molar-refractivity contribution is 0.273. The van der Waals surface area contributed by atoms with Gasteiger partial charge in [0.1, 0.15) is 4.70 Å². The fourth-order valence-electron chi connectivity index (χ4n) is 2.96. The molecule has 0 saturated heterocycles. The molecule has 0 fully saturated rings. The first-order valence-corrected chi connectivity index (χ1v) is 11.5. The van der Waals surface area contributed by atoms with Crippen molar-refractivity contribution in [3.63, 3.8) is 0 Å². The molecule has 0 spiro atoms. The van der Waals surface area contributed by atoms with Gasteiger partial charge in [-0.25, -0.2) is 15.0 Å². The van der Waals surface area contributed by atoms with E-state index in [0.717, 1.165) is 16.0 Å². The maximum atomic E-state index is 9.93. The molecule has 2 aromatic heterocycles. The average molecular weight is 458 g/mol. The summed E-state index contributed by atoms with van der Waals surface area (Å²) in [7, 11) is 0. The Balaban J connectivity index is 1.57. The lowest BCUT2D eigenvalue weighted by Crippen LogP contribution is -2.27. The molecule has 0 radical (unpaired) electrons. The predicted octanol–water partition coefficient (Wildman–Crippen LogP) is 4.63. The topological polar surface area (TPSA) is 97.0 Å². The third-order valence-electron chi connectivity index (χ3n) is 4.42. The second-order valence-corrected chi connectivity index (χ2v) is 9.10. The lowest BCUT2D eigenvalue weighted by atomic mass is 10.1. The molecule has 1 unspecified atom stereocenters. The number of nitrogens with one attached hydrogen (secondary N) is 1. The number of benzene rings is 2. The van der Waals surface area contributed by atoms with Gasteiger partial charge in [0.2, 0.25) is 0 Å². The van der Waals surface area contributed by atoms with Crippen LogP contribution >= 0.6 is 34.7 Å². The van der Waals surface area contributed by atoms with Gasteiger partial charge in [-0.1, -0.05) is 77.2 Å². The largest absolute Gasteiger partial charge is 0.394 e. The van der Waals surface area contributed by atoms with Gasteiger partial charge in [0.15, 0.2) is 21.8 Å². The molecule has 6 nitrogen and oxygen atoms in total. The summed E-state index contributed by atoms with van der Waals surface area (Å²) in [5, 5.41) is 15.0. The van der Waals surface area contributed by atoms with Crippen molar-refractivity contribution in [2.45, 2.75) is 23.4 Å². The van der Waals surface area contributed by atoms with E-state index in [9.17, 15) is 5.11 Å². The van der Waals surface area contributed by atoms with Crippen LogP contribution in [0.1, 0.15) is 11.1 Å². The Labute approximate surface area is 187 Å². The van der Waals surface area contributed by atoms with E-state index in [0.29, 0.717) is 33.2 Å². The Kier molecular flexibility index (Phi) is 6.69. The number of anilines is 2. The zero-order valence-electron chi connectivity index (χ0n) is 16.0. The first-order chi connectivity index (χ1) is 14.6. The van der Waals surface area contributed by atoms with Gasteiger partial charge < -0.3 is 16.2 Å². The van der Waals surface area contributed by atoms with Crippen LogP contribution in [0.2, 0.25) is 5.02 Å². The third kappa shape index (κ3) is 5.20. The van der Waals surface area contributed by atoms with Gasteiger partial charge in [-0.2, -0.15) is 0 Å². The summed E-state index contributed by atoms with van der Waals surface area (Å²) in [6, 6.07) is 17.5. The average Bonchev–Trinajstić information content (AvgIpc) is 3.14. The van der Waals surface area contributed by atoms with Crippen molar-refractivity contribution >= 4 is 56.0 Å². The summed E-state index contributed by atoms with van der Waals surface area (Å²) in [5.74, 6) is 1.39. The van der Waals surface area contributed by atoms with Crippen LogP contribution in [0.5, 0.6) is 0 Å². The van der Waals surface area contributed by atoms with Crippen LogP contribution in [0.15, 0.2) is 59.8 Å². The number of aromatic nitrogens is 3. The summed E-state index contributed by atoms with van der Waals surface area (Å²) >= 11 is 8.84. The molecule has 2 aromatic carbocycles. The number of nitrogens with two attached hydrogens (primary N) is 1. The van der Waals surface area contributed by atoms with Gasteiger partial charge in [-0.15, -0.1) is 0 Å². The fourth-order valence-corrected chi connectivity index (χ4v) is 4.61. The molecule has 30 heavy (non-hydrogen) atoms. The number of fused-ring (bicyclic) bond motifs is 1. The van der Waals surface area contributed by atoms with E-state index < -0.39 is 0 Å². The SMILES string of the molecule is Nc1nc2nc(SCc3ccccc3)nc(NC(CO)Cc3ccc(Cl)cc3)c2s1. The molecule has 0 bridgehead atoms. The van der Waals surface area contributed by atoms with E-state index >= 15 is 0 Å². The minimum atomic E-state index is -0.223. The highest BCUT2D eigenvalue weighted by atomic mass is 35.5. The Morgan fingerprint density at radius 3 is 2.53 bits per heavy atom. The van der Waals surface area contributed by atoms with Gasteiger partial charge in [0, 0.05) is 10.8 Å². The highest BCUT2D eigenvalue weighted by Gasteiger charge is 2.17. The number of thioether (sulfide) groups is 1. The molecule has 4 aromatic rings. The first kappa shape index (κ1) is 20.9. The van der Waals surface area contributed by atoms with Gasteiger partial charge in [0.25, 0.3) is 0 Å². The number of hydrogen-bond acceptors (Lipinski definition) is 8. The predicted molar refractivity (Wildman–Crippen MR) is 125 cm³/mol. The number of nitrogens with zero attached hydrogens (tertiary/aromatic N) is 3. The summed E-state index contributed by atoms with van der Waals surface area (Å²) in [4.78, 5) is 13.6. The molecule has 0 aliphatic rings. The van der Waals surface area contributed by atoms with E-state index in [1.165, 1.54) is 28.7 Å². The smallest absolute Gasteiger partial charge is 0.191 e. The molecule has 1 atom stereocenters. The summed E-state index contributed by atoms with van der Waals surface area (Å²) < 4.78 is 0.783. The van der Waals surface area contributed by atoms with Crippen LogP contribution in [-0.4, -0.2) is 32.7 Å². The van der Waals surface area contributed by atoms with Gasteiger partial charge in [-0.05, 0) is 29.7 Å². The fraction of sp³-hybridized carbons (Fsp3) is 0.190. The molecular formula is C21H20ClN5OS2. The Hall–Kier alpha value is -2.39. The van der Waals surface area contributed by atoms with Crippen LogP contribution in [0.3, 0.4) is 0 Å². The molecule has 0 aliphatic heterocycles. The van der Waals surface area contributed by atoms with Crippen LogP contribution in [0.4, 0.5) is 10.9 Å². The molecule has 4 N–H and O–H groups in total. The second-order valence-electron chi connectivity index (χ2n) is 6.69. The van der Waals surface area contributed by atoms with Crippen molar-refractivity contribution in [3.8, 4) is 0 Å². The molecule has 4 rings (SSSR count). The van der Waals surface area contributed by atoms with E-state index in [1.807, 2.05) is 42.5 Å². The maximum Gasteiger partial charge on any atom is 0.191 e. The summed E-state index contributed by atoms with van der Waals surface area (Å²) in [6.45, 7) is -0.0467. The van der Waals surface area contributed by atoms with E-state index in [1.54, 1.807) is 0 Å². The van der Waals surface area contributed by atoms with E-state index in [4.69, 9.17) is 22.3 Å². The molecular weight excluding hydrogens is 438 g/mol. The van der Waals surface area contributed by atoms with Crippen molar-refractivity contribution in [1.82, 2.24) is 15.0 Å². The summed E-state index contributed by atoms with van der Waals surface area (Å²) in [6.07, 6.45) is 0.625. The standard InChI is InChI=1S/C21H20ClN5OS2/c22-15-8-6-13(7-9-15)10-16(11-28)24-18-17-19(25-20(23)30-17)27-21(26-18)29-12-14-4-2-1-3-5-14/h1-9,16,28H,10-12H2,(H3,23,24,25,26,27). The summed E-state index contributed by atoms with van der Waals surface area (Å²) in [5.41, 5.74) is 8.74. The molecule has 0 aliphatic carbocycles. The highest BCUT2D eigenvalue weighted by Crippen LogP contribution is 2.32. The monoisotopic (exact) mass is 457 g/mol. The third-order valence-corrected chi connectivity index (χ3v) is 6.47. The number of hydrogen-bond donors (Lipinski definition) is 3. The van der Waals surface area contributed by atoms with Crippen molar-refractivity contribution in [2.24, 2.45) is 0 Å². The van der Waals surface area contributed by atoms with Crippen molar-refractivity contribution in [3.05, 3.63) is 70.7 Å². The number of aliphatic hydroxyl groups is 1. The minimum absolute atomic E-state index is 0.0467. The Morgan fingerprint density at radius 1 is 1.03 bits per heavy atom. The number of thiazole rings is 1. The Bertz CT molecular complexity index is 1120.